The van der Waals surface area contributed by atoms with Gasteiger partial charge in [-0.15, -0.1) is 0 Å². The molecule has 0 amide bonds. The van der Waals surface area contributed by atoms with E-state index in [4.69, 9.17) is 4.74 Å². The van der Waals surface area contributed by atoms with Gasteiger partial charge in [-0.2, -0.15) is 0 Å². The van der Waals surface area contributed by atoms with Crippen LogP contribution in [0.1, 0.15) is 20.3 Å². The van der Waals surface area contributed by atoms with E-state index in [1.165, 1.54) is 0 Å². The number of nitrogens with one attached hydrogen (secondary N) is 1. The minimum Gasteiger partial charge on any atom is -0.381 e. The van der Waals surface area contributed by atoms with E-state index in [9.17, 15) is 8.42 Å². The van der Waals surface area contributed by atoms with E-state index >= 15 is 0 Å². The van der Waals surface area contributed by atoms with Gasteiger partial charge >= 0.3 is 0 Å². The van der Waals surface area contributed by atoms with E-state index in [0.717, 1.165) is 13.0 Å². The lowest BCUT2D eigenvalue weighted by Gasteiger charge is -2.22. The first-order valence-corrected chi connectivity index (χ1v) is 7.72. The zero-order chi connectivity index (χ0) is 12.2. The Balaban J connectivity index is 2.55. The van der Waals surface area contributed by atoms with Crippen molar-refractivity contribution in [3.8, 4) is 0 Å². The van der Waals surface area contributed by atoms with Crippen LogP contribution in [0, 0.1) is 11.8 Å². The highest BCUT2D eigenvalue weighted by molar-refractivity contribution is 7.91. The van der Waals surface area contributed by atoms with Crippen molar-refractivity contribution in [1.82, 2.24) is 5.32 Å². The van der Waals surface area contributed by atoms with Crippen LogP contribution in [-0.2, 0) is 14.6 Å². The van der Waals surface area contributed by atoms with E-state index in [1.807, 2.05) is 20.9 Å². The van der Waals surface area contributed by atoms with Crippen LogP contribution >= 0.6 is 0 Å². The van der Waals surface area contributed by atoms with Gasteiger partial charge in [-0.1, -0.05) is 13.8 Å². The molecule has 16 heavy (non-hydrogen) atoms. The summed E-state index contributed by atoms with van der Waals surface area (Å²) in [7, 11) is -1.12. The molecule has 1 heterocycles. The highest BCUT2D eigenvalue weighted by Crippen LogP contribution is 2.18. The molecule has 4 nitrogen and oxygen atoms in total. The molecule has 0 bridgehead atoms. The van der Waals surface area contributed by atoms with Crippen molar-refractivity contribution >= 4 is 9.84 Å². The van der Waals surface area contributed by atoms with E-state index < -0.39 is 9.84 Å². The van der Waals surface area contributed by atoms with Crippen LogP contribution in [0.5, 0.6) is 0 Å². The predicted octanol–water partition coefficient (Wildman–Crippen LogP) is 0.682. The third-order valence-corrected chi connectivity index (χ3v) is 4.97. The molecular formula is C11H23NO3S. The molecule has 1 aliphatic rings. The summed E-state index contributed by atoms with van der Waals surface area (Å²) in [5.41, 5.74) is 0. The summed E-state index contributed by atoms with van der Waals surface area (Å²) >= 11 is 0. The van der Waals surface area contributed by atoms with Gasteiger partial charge in [0.15, 0.2) is 9.84 Å². The maximum Gasteiger partial charge on any atom is 0.152 e. The highest BCUT2D eigenvalue weighted by Gasteiger charge is 2.28. The Hall–Kier alpha value is -0.130. The zero-order valence-corrected chi connectivity index (χ0v) is 11.2. The molecule has 1 rings (SSSR count). The van der Waals surface area contributed by atoms with E-state index in [-0.39, 0.29) is 23.5 Å². The van der Waals surface area contributed by atoms with Crippen molar-refractivity contribution in [2.24, 2.45) is 11.8 Å². The van der Waals surface area contributed by atoms with Crippen molar-refractivity contribution in [3.63, 3.8) is 0 Å². The second-order valence-electron chi connectivity index (χ2n) is 4.99. The van der Waals surface area contributed by atoms with Gasteiger partial charge in [-0.05, 0) is 19.4 Å². The van der Waals surface area contributed by atoms with Crippen LogP contribution in [-0.4, -0.2) is 46.2 Å². The van der Waals surface area contributed by atoms with Gasteiger partial charge in [0.2, 0.25) is 0 Å². The Bertz CT molecular complexity index is 294. The van der Waals surface area contributed by atoms with Crippen molar-refractivity contribution in [1.29, 1.82) is 0 Å². The number of hydrogen-bond donors (Lipinski definition) is 1. The molecule has 0 aromatic rings. The van der Waals surface area contributed by atoms with Crippen LogP contribution < -0.4 is 5.32 Å². The standard InChI is InChI=1S/C11H23NO3S/c1-9(2)7-16(13,14)8-11(12-3)10-4-5-15-6-10/h9-12H,4-8H2,1-3H3. The molecule has 0 aromatic carbocycles. The molecule has 1 fully saturated rings. The lowest BCUT2D eigenvalue weighted by Crippen LogP contribution is -2.41. The van der Waals surface area contributed by atoms with Gasteiger partial charge < -0.3 is 10.1 Å². The number of hydrogen-bond acceptors (Lipinski definition) is 4. The Morgan fingerprint density at radius 1 is 1.38 bits per heavy atom. The Morgan fingerprint density at radius 3 is 2.50 bits per heavy atom. The van der Waals surface area contributed by atoms with E-state index in [1.54, 1.807) is 0 Å². The molecule has 0 radical (unpaired) electrons. The van der Waals surface area contributed by atoms with Crippen LogP contribution in [0.15, 0.2) is 0 Å². The average molecular weight is 249 g/mol. The Kier molecular flexibility index (Phi) is 5.21. The number of ether oxygens (including phenoxy) is 1. The van der Waals surface area contributed by atoms with E-state index in [2.05, 4.69) is 5.32 Å². The fourth-order valence-electron chi connectivity index (χ4n) is 2.17. The second-order valence-corrected chi connectivity index (χ2v) is 7.14. The summed E-state index contributed by atoms with van der Waals surface area (Å²) in [5.74, 6) is 1.04. The molecule has 1 aliphatic heterocycles. The topological polar surface area (TPSA) is 55.4 Å². The third-order valence-electron chi connectivity index (χ3n) is 2.93. The molecule has 96 valence electrons. The third kappa shape index (κ3) is 4.39. The summed E-state index contributed by atoms with van der Waals surface area (Å²) in [6.45, 7) is 5.31. The quantitative estimate of drug-likeness (QED) is 0.752. The van der Waals surface area contributed by atoms with Crippen molar-refractivity contribution in [2.45, 2.75) is 26.3 Å². The normalized spacial score (nSPS) is 23.9. The first kappa shape index (κ1) is 13.9. The molecule has 2 unspecified atom stereocenters. The minimum atomic E-state index is -2.95. The number of sulfone groups is 1. The maximum absolute atomic E-state index is 11.9. The molecule has 5 heteroatoms. The molecule has 2 atom stereocenters. The van der Waals surface area contributed by atoms with Gasteiger partial charge in [-0.3, -0.25) is 0 Å². The van der Waals surface area contributed by atoms with Crippen molar-refractivity contribution < 1.29 is 13.2 Å². The van der Waals surface area contributed by atoms with E-state index in [0.29, 0.717) is 12.5 Å². The minimum absolute atomic E-state index is 0.0336. The lowest BCUT2D eigenvalue weighted by atomic mass is 10.0. The van der Waals surface area contributed by atoms with Crippen LogP contribution in [0.3, 0.4) is 0 Å². The Labute approximate surface area is 98.7 Å². The zero-order valence-electron chi connectivity index (χ0n) is 10.4. The highest BCUT2D eigenvalue weighted by atomic mass is 32.2. The smallest absolute Gasteiger partial charge is 0.152 e. The van der Waals surface area contributed by atoms with Gasteiger partial charge in [0.25, 0.3) is 0 Å². The fourth-order valence-corrected chi connectivity index (χ4v) is 4.31. The van der Waals surface area contributed by atoms with Crippen LogP contribution in [0.25, 0.3) is 0 Å². The Morgan fingerprint density at radius 2 is 2.06 bits per heavy atom. The predicted molar refractivity (Wildman–Crippen MR) is 65.3 cm³/mol. The van der Waals surface area contributed by atoms with Crippen molar-refractivity contribution in [3.05, 3.63) is 0 Å². The van der Waals surface area contributed by atoms with Gasteiger partial charge in [0, 0.05) is 18.6 Å². The molecular weight excluding hydrogens is 226 g/mol. The monoisotopic (exact) mass is 249 g/mol. The first-order chi connectivity index (χ1) is 7.44. The fraction of sp³-hybridized carbons (Fsp3) is 1.00. The average Bonchev–Trinajstić information content (AvgIpc) is 2.64. The molecule has 0 aliphatic carbocycles. The maximum atomic E-state index is 11.9. The lowest BCUT2D eigenvalue weighted by molar-refractivity contribution is 0.179. The largest absolute Gasteiger partial charge is 0.381 e. The van der Waals surface area contributed by atoms with Crippen LogP contribution in [0.4, 0.5) is 0 Å². The van der Waals surface area contributed by atoms with Gasteiger partial charge in [0.05, 0.1) is 18.1 Å². The summed E-state index contributed by atoms with van der Waals surface area (Å²) in [6.07, 6.45) is 0.961. The second kappa shape index (κ2) is 5.98. The molecule has 0 saturated carbocycles. The summed E-state index contributed by atoms with van der Waals surface area (Å²) < 4.78 is 29.1. The molecule has 1 N–H and O–H groups in total. The molecule has 0 aromatic heterocycles. The van der Waals surface area contributed by atoms with Crippen LogP contribution in [0.2, 0.25) is 0 Å². The molecule has 1 saturated heterocycles. The first-order valence-electron chi connectivity index (χ1n) is 5.90. The SMILES string of the molecule is CNC(CS(=O)(=O)CC(C)C)C1CCOC1. The summed E-state index contributed by atoms with van der Waals surface area (Å²) in [4.78, 5) is 0. The van der Waals surface area contributed by atoms with Crippen molar-refractivity contribution in [2.75, 3.05) is 31.8 Å². The van der Waals surface area contributed by atoms with Gasteiger partial charge in [0.1, 0.15) is 0 Å². The summed E-state index contributed by atoms with van der Waals surface area (Å²) in [5, 5.41) is 3.11. The molecule has 0 spiro atoms. The van der Waals surface area contributed by atoms with Gasteiger partial charge in [-0.25, -0.2) is 8.42 Å². The summed E-state index contributed by atoms with van der Waals surface area (Å²) in [6, 6.07) is 0.0336. The number of rotatable bonds is 6.